The lowest BCUT2D eigenvalue weighted by molar-refractivity contribution is 0.557. The molecule has 0 aliphatic rings. The van der Waals surface area contributed by atoms with Gasteiger partial charge in [0.05, 0.1) is 0 Å². The van der Waals surface area contributed by atoms with Crippen LogP contribution in [-0.4, -0.2) is 0 Å². The first-order valence-corrected chi connectivity index (χ1v) is 8.32. The Labute approximate surface area is 138 Å². The molecule has 0 spiro atoms. The molecule has 0 amide bonds. The summed E-state index contributed by atoms with van der Waals surface area (Å²) in [7, 11) is 0. The molecule has 2 aromatic carbocycles. The van der Waals surface area contributed by atoms with Crippen LogP contribution in [0, 0.1) is 13.8 Å². The second kappa shape index (κ2) is 6.19. The lowest BCUT2D eigenvalue weighted by atomic mass is 10.0. The molecule has 2 nitrogen and oxygen atoms in total. The topological polar surface area (TPSA) is 30.2 Å². The Morgan fingerprint density at radius 2 is 1.82 bits per heavy atom. The van der Waals surface area contributed by atoms with Crippen molar-refractivity contribution in [2.75, 3.05) is 0 Å². The van der Waals surface area contributed by atoms with Crippen LogP contribution in [0.5, 0.6) is 0 Å². The van der Waals surface area contributed by atoms with Crippen LogP contribution in [0.2, 0.25) is 5.02 Å². The number of fused-ring (bicyclic) bond motifs is 1. The Morgan fingerprint density at radius 3 is 2.55 bits per heavy atom. The van der Waals surface area contributed by atoms with E-state index in [1.54, 1.807) is 17.8 Å². The van der Waals surface area contributed by atoms with Crippen LogP contribution >= 0.6 is 23.4 Å². The molecule has 0 saturated heterocycles. The van der Waals surface area contributed by atoms with E-state index in [2.05, 4.69) is 6.07 Å². The van der Waals surface area contributed by atoms with Crippen LogP contribution in [0.15, 0.2) is 56.6 Å². The van der Waals surface area contributed by atoms with Crippen LogP contribution < -0.4 is 5.63 Å². The second-order valence-corrected chi connectivity index (χ2v) is 6.70. The lowest BCUT2D eigenvalue weighted by Gasteiger charge is -2.09. The van der Waals surface area contributed by atoms with Crippen LogP contribution in [-0.2, 0) is 5.75 Å². The van der Waals surface area contributed by atoms with Gasteiger partial charge < -0.3 is 4.42 Å². The Hall–Kier alpha value is -1.71. The van der Waals surface area contributed by atoms with E-state index in [1.165, 1.54) is 0 Å². The van der Waals surface area contributed by atoms with Crippen LogP contribution in [0.4, 0.5) is 0 Å². The van der Waals surface area contributed by atoms with Gasteiger partial charge in [0.1, 0.15) is 5.58 Å². The van der Waals surface area contributed by atoms with E-state index in [0.29, 0.717) is 11.3 Å². The largest absolute Gasteiger partial charge is 0.422 e. The summed E-state index contributed by atoms with van der Waals surface area (Å²) < 4.78 is 5.40. The monoisotopic (exact) mass is 330 g/mol. The van der Waals surface area contributed by atoms with Gasteiger partial charge >= 0.3 is 5.63 Å². The van der Waals surface area contributed by atoms with Crippen molar-refractivity contribution in [3.05, 3.63) is 74.6 Å². The summed E-state index contributed by atoms with van der Waals surface area (Å²) in [5.74, 6) is 0.715. The summed E-state index contributed by atoms with van der Waals surface area (Å²) in [6, 6.07) is 13.4. The average molecular weight is 331 g/mol. The SMILES string of the molecule is Cc1ccc2c(CSc3ccc(Cl)cc3)cc(=O)oc2c1C. The second-order valence-electron chi connectivity index (χ2n) is 5.22. The maximum atomic E-state index is 11.8. The van der Waals surface area contributed by atoms with Gasteiger partial charge in [-0.15, -0.1) is 11.8 Å². The predicted octanol–water partition coefficient (Wildman–Crippen LogP) is 5.36. The number of hydrogen-bond donors (Lipinski definition) is 0. The minimum absolute atomic E-state index is 0.298. The fourth-order valence-electron chi connectivity index (χ4n) is 2.34. The Kier molecular flexibility index (Phi) is 4.27. The maximum Gasteiger partial charge on any atom is 0.336 e. The van der Waals surface area contributed by atoms with Gasteiger partial charge in [0.15, 0.2) is 0 Å². The highest BCUT2D eigenvalue weighted by Gasteiger charge is 2.09. The number of halogens is 1. The highest BCUT2D eigenvalue weighted by molar-refractivity contribution is 7.98. The molecule has 0 atom stereocenters. The quantitative estimate of drug-likeness (QED) is 0.478. The number of benzene rings is 2. The van der Waals surface area contributed by atoms with Crippen LogP contribution in [0.3, 0.4) is 0 Å². The highest BCUT2D eigenvalue weighted by atomic mass is 35.5. The standard InChI is InChI=1S/C18H15ClO2S/c1-11-3-8-16-13(9-17(20)21-18(16)12(11)2)10-22-15-6-4-14(19)5-7-15/h3-9H,10H2,1-2H3. The summed E-state index contributed by atoms with van der Waals surface area (Å²) >= 11 is 7.57. The van der Waals surface area contributed by atoms with Crippen LogP contribution in [0.25, 0.3) is 11.0 Å². The van der Waals surface area contributed by atoms with Crippen molar-refractivity contribution >= 4 is 34.3 Å². The molecule has 1 aromatic heterocycles. The zero-order valence-electron chi connectivity index (χ0n) is 12.4. The summed E-state index contributed by atoms with van der Waals surface area (Å²) in [5, 5.41) is 1.73. The molecular formula is C18H15ClO2S. The van der Waals surface area contributed by atoms with Crippen molar-refractivity contribution in [2.45, 2.75) is 24.5 Å². The van der Waals surface area contributed by atoms with Gasteiger partial charge in [0.25, 0.3) is 0 Å². The molecule has 112 valence electrons. The molecule has 0 saturated carbocycles. The van der Waals surface area contributed by atoms with Gasteiger partial charge in [-0.05, 0) is 54.8 Å². The molecule has 0 fully saturated rings. The van der Waals surface area contributed by atoms with E-state index in [1.807, 2.05) is 44.2 Å². The Morgan fingerprint density at radius 1 is 1.09 bits per heavy atom. The molecule has 0 aliphatic heterocycles. The zero-order valence-corrected chi connectivity index (χ0v) is 13.9. The predicted molar refractivity (Wildman–Crippen MR) is 93.0 cm³/mol. The normalized spacial score (nSPS) is 11.0. The summed E-state index contributed by atoms with van der Waals surface area (Å²) in [6.07, 6.45) is 0. The first-order valence-electron chi connectivity index (χ1n) is 6.96. The number of rotatable bonds is 3. The van der Waals surface area contributed by atoms with E-state index in [9.17, 15) is 4.79 Å². The first kappa shape index (κ1) is 15.2. The molecule has 0 unspecified atom stereocenters. The van der Waals surface area contributed by atoms with Crippen molar-refractivity contribution in [1.29, 1.82) is 0 Å². The summed E-state index contributed by atoms with van der Waals surface area (Å²) in [6.45, 7) is 4.00. The van der Waals surface area contributed by atoms with Gasteiger partial charge in [0.2, 0.25) is 0 Å². The van der Waals surface area contributed by atoms with Crippen LogP contribution in [0.1, 0.15) is 16.7 Å². The number of thioether (sulfide) groups is 1. The third kappa shape index (κ3) is 3.06. The van der Waals surface area contributed by atoms with E-state index in [4.69, 9.17) is 16.0 Å². The maximum absolute atomic E-state index is 11.8. The first-order chi connectivity index (χ1) is 10.5. The van der Waals surface area contributed by atoms with E-state index in [0.717, 1.165) is 32.0 Å². The average Bonchev–Trinajstić information content (AvgIpc) is 2.50. The molecule has 4 heteroatoms. The van der Waals surface area contributed by atoms with Crippen molar-refractivity contribution in [3.8, 4) is 0 Å². The Bertz CT molecular complexity index is 882. The number of aryl methyl sites for hydroxylation is 2. The summed E-state index contributed by atoms with van der Waals surface area (Å²) in [4.78, 5) is 13.0. The van der Waals surface area contributed by atoms with E-state index in [-0.39, 0.29) is 5.63 Å². The van der Waals surface area contributed by atoms with Gasteiger partial charge in [0, 0.05) is 27.1 Å². The molecular weight excluding hydrogens is 316 g/mol. The van der Waals surface area contributed by atoms with Crippen molar-refractivity contribution in [1.82, 2.24) is 0 Å². The molecule has 0 bridgehead atoms. The van der Waals surface area contributed by atoms with Gasteiger partial charge in [-0.1, -0.05) is 23.7 Å². The molecule has 0 N–H and O–H groups in total. The minimum Gasteiger partial charge on any atom is -0.422 e. The molecule has 0 aliphatic carbocycles. The highest BCUT2D eigenvalue weighted by Crippen LogP contribution is 2.29. The Balaban J connectivity index is 1.98. The summed E-state index contributed by atoms with van der Waals surface area (Å²) in [5.41, 5.74) is 3.53. The zero-order chi connectivity index (χ0) is 15.7. The molecule has 22 heavy (non-hydrogen) atoms. The molecule has 3 rings (SSSR count). The minimum atomic E-state index is -0.298. The van der Waals surface area contributed by atoms with E-state index < -0.39 is 0 Å². The lowest BCUT2D eigenvalue weighted by Crippen LogP contribution is -2.01. The van der Waals surface area contributed by atoms with Crippen molar-refractivity contribution in [3.63, 3.8) is 0 Å². The third-order valence-electron chi connectivity index (χ3n) is 3.73. The van der Waals surface area contributed by atoms with Gasteiger partial charge in [-0.3, -0.25) is 0 Å². The fourth-order valence-corrected chi connectivity index (χ4v) is 3.35. The van der Waals surface area contributed by atoms with Crippen molar-refractivity contribution < 1.29 is 4.42 Å². The molecule has 1 heterocycles. The van der Waals surface area contributed by atoms with E-state index >= 15 is 0 Å². The molecule has 0 radical (unpaired) electrons. The number of hydrogen-bond acceptors (Lipinski definition) is 3. The molecule has 3 aromatic rings. The van der Waals surface area contributed by atoms with Crippen molar-refractivity contribution in [2.24, 2.45) is 0 Å². The van der Waals surface area contributed by atoms with Gasteiger partial charge in [-0.25, -0.2) is 4.79 Å². The smallest absolute Gasteiger partial charge is 0.336 e. The van der Waals surface area contributed by atoms with Gasteiger partial charge in [-0.2, -0.15) is 0 Å². The fraction of sp³-hybridized carbons (Fsp3) is 0.167. The third-order valence-corrected chi connectivity index (χ3v) is 5.04.